The van der Waals surface area contributed by atoms with Crippen molar-refractivity contribution in [1.82, 2.24) is 15.0 Å². The molecule has 8 nitrogen and oxygen atoms in total. The number of hydrogen-bond donors (Lipinski definition) is 3. The molecule has 1 aromatic carbocycles. The number of fused-ring (bicyclic) bond motifs is 1. The summed E-state index contributed by atoms with van der Waals surface area (Å²) in [7, 11) is 1.05. The van der Waals surface area contributed by atoms with Crippen molar-refractivity contribution in [2.24, 2.45) is 5.92 Å². The van der Waals surface area contributed by atoms with Gasteiger partial charge in [-0.05, 0) is 13.0 Å². The summed E-state index contributed by atoms with van der Waals surface area (Å²) < 4.78 is 81.1. The molecule has 3 aromatic rings. The molecule has 1 fully saturated rings. The largest absolute Gasteiger partial charge is 0.493 e. The number of benzene rings is 1. The zero-order chi connectivity index (χ0) is 25.2. The van der Waals surface area contributed by atoms with E-state index < -0.39 is 58.1 Å². The maximum atomic E-state index is 14.5. The van der Waals surface area contributed by atoms with Gasteiger partial charge in [0.05, 0.1) is 12.8 Å². The fourth-order valence-corrected chi connectivity index (χ4v) is 4.43. The molecule has 3 heterocycles. The summed E-state index contributed by atoms with van der Waals surface area (Å²) in [6.45, 7) is 2.08. The number of halogens is 5. The summed E-state index contributed by atoms with van der Waals surface area (Å²) in [4.78, 5) is 33.4. The van der Waals surface area contributed by atoms with Crippen molar-refractivity contribution in [3.8, 4) is 5.75 Å². The molecule has 1 aliphatic heterocycles. The number of aromatic amines is 2. The summed E-state index contributed by atoms with van der Waals surface area (Å²) in [6.07, 6.45) is -6.36. The second-order valence-corrected chi connectivity index (χ2v) is 8.21. The zero-order valence-corrected chi connectivity index (χ0v) is 18.0. The number of ether oxygens (including phenoxy) is 2. The quantitative estimate of drug-likeness (QED) is 0.489. The molecule has 13 heteroatoms. The fraction of sp³-hybridized carbons (Fsp3) is 0.381. The van der Waals surface area contributed by atoms with Gasteiger partial charge in [0.2, 0.25) is 11.8 Å². The number of nitrogens with one attached hydrogen (secondary N) is 2. The minimum Gasteiger partial charge on any atom is -0.493 e. The van der Waals surface area contributed by atoms with Crippen LogP contribution in [0.4, 0.5) is 27.9 Å². The standard InChI is InChI=1S/C21H19F5N4O4/c1-7-12(8-4-5-9(22)14(23)15(8)33-3)16(34-20(7,2)21(24,25)26)10-6-11(31)13-17(28-10)29-19(27)30-18(13)32/h4-7,12,16H,1-3H3,(H4,27,28,29,30,31,32)/t7-,12-,16-,20+/m0/s1. The van der Waals surface area contributed by atoms with E-state index in [0.717, 1.165) is 32.2 Å². The van der Waals surface area contributed by atoms with Crippen molar-refractivity contribution < 1.29 is 31.4 Å². The number of nitrogens with two attached hydrogens (primary N) is 1. The minimum atomic E-state index is -4.86. The molecule has 4 atom stereocenters. The molecule has 4 rings (SSSR count). The van der Waals surface area contributed by atoms with Crippen LogP contribution < -0.4 is 21.5 Å². The normalized spacial score (nSPS) is 25.1. The minimum absolute atomic E-state index is 0.0915. The van der Waals surface area contributed by atoms with E-state index in [0.29, 0.717) is 0 Å². The third-order valence-electron chi connectivity index (χ3n) is 6.35. The van der Waals surface area contributed by atoms with Gasteiger partial charge in [-0.3, -0.25) is 14.6 Å². The highest BCUT2D eigenvalue weighted by atomic mass is 19.4. The molecule has 34 heavy (non-hydrogen) atoms. The van der Waals surface area contributed by atoms with E-state index in [1.165, 1.54) is 6.92 Å². The van der Waals surface area contributed by atoms with E-state index in [1.807, 2.05) is 0 Å². The van der Waals surface area contributed by atoms with E-state index in [-0.39, 0.29) is 28.2 Å². The number of alkyl halides is 3. The lowest BCUT2D eigenvalue weighted by Crippen LogP contribution is -2.46. The molecule has 2 aromatic heterocycles. The molecule has 0 bridgehead atoms. The molecule has 0 radical (unpaired) electrons. The summed E-state index contributed by atoms with van der Waals surface area (Å²) in [5, 5.41) is -0.385. The first-order valence-corrected chi connectivity index (χ1v) is 9.99. The number of aromatic nitrogens is 3. The Balaban J connectivity index is 1.99. The summed E-state index contributed by atoms with van der Waals surface area (Å²) >= 11 is 0. The third kappa shape index (κ3) is 3.42. The van der Waals surface area contributed by atoms with Gasteiger partial charge in [-0.15, -0.1) is 0 Å². The molecular formula is C21H19F5N4O4. The number of nitrogens with zero attached hydrogens (tertiary/aromatic N) is 1. The SMILES string of the molecule is COc1c([C@H]2[C@H](c3cc(=O)c4c(=O)[nH]c(N)nc4[nH]3)O[C@@](C)(C(F)(F)F)[C@H]2C)ccc(F)c1F. The lowest BCUT2D eigenvalue weighted by Gasteiger charge is -2.32. The predicted molar refractivity (Wildman–Crippen MR) is 110 cm³/mol. The highest BCUT2D eigenvalue weighted by Gasteiger charge is 2.65. The Hall–Kier alpha value is -3.48. The molecule has 0 saturated carbocycles. The average Bonchev–Trinajstić information content (AvgIpc) is 3.01. The van der Waals surface area contributed by atoms with E-state index in [2.05, 4.69) is 15.0 Å². The number of anilines is 1. The van der Waals surface area contributed by atoms with Crippen LogP contribution in [0.1, 0.15) is 37.1 Å². The van der Waals surface area contributed by atoms with Crippen molar-refractivity contribution in [3.05, 3.63) is 61.7 Å². The van der Waals surface area contributed by atoms with Gasteiger partial charge in [0.1, 0.15) is 11.5 Å². The molecule has 0 unspecified atom stereocenters. The smallest absolute Gasteiger partial charge is 0.417 e. The van der Waals surface area contributed by atoms with Gasteiger partial charge < -0.3 is 20.2 Å². The van der Waals surface area contributed by atoms with Gasteiger partial charge in [-0.25, -0.2) is 4.39 Å². The van der Waals surface area contributed by atoms with Crippen LogP contribution in [-0.4, -0.2) is 33.8 Å². The molecule has 0 spiro atoms. The second-order valence-electron chi connectivity index (χ2n) is 8.21. The Bertz CT molecular complexity index is 1400. The number of nitrogen functional groups attached to an aromatic ring is 1. The topological polar surface area (TPSA) is 123 Å². The maximum absolute atomic E-state index is 14.5. The lowest BCUT2D eigenvalue weighted by molar-refractivity contribution is -0.275. The first-order chi connectivity index (χ1) is 15.8. The van der Waals surface area contributed by atoms with Gasteiger partial charge in [-0.1, -0.05) is 13.0 Å². The molecule has 0 aliphatic carbocycles. The first kappa shape index (κ1) is 23.7. The van der Waals surface area contributed by atoms with Gasteiger partial charge in [0.25, 0.3) is 5.56 Å². The van der Waals surface area contributed by atoms with Gasteiger partial charge in [0, 0.05) is 23.5 Å². The Morgan fingerprint density at radius 1 is 1.21 bits per heavy atom. The predicted octanol–water partition coefficient (Wildman–Crippen LogP) is 3.29. The number of hydrogen-bond acceptors (Lipinski definition) is 6. The number of methoxy groups -OCH3 is 1. The molecule has 4 N–H and O–H groups in total. The average molecular weight is 486 g/mol. The van der Waals surface area contributed by atoms with Crippen molar-refractivity contribution in [2.45, 2.75) is 37.6 Å². The van der Waals surface area contributed by atoms with Gasteiger partial charge >= 0.3 is 6.18 Å². The van der Waals surface area contributed by atoms with Crippen LogP contribution in [-0.2, 0) is 4.74 Å². The maximum Gasteiger partial charge on any atom is 0.417 e. The van der Waals surface area contributed by atoms with Crippen LogP contribution in [0.3, 0.4) is 0 Å². The first-order valence-electron chi connectivity index (χ1n) is 9.99. The number of rotatable bonds is 3. The van der Waals surface area contributed by atoms with Crippen LogP contribution in [0.2, 0.25) is 0 Å². The van der Waals surface area contributed by atoms with Crippen LogP contribution >= 0.6 is 0 Å². The Morgan fingerprint density at radius 2 is 1.88 bits per heavy atom. The number of H-pyrrole nitrogens is 2. The van der Waals surface area contributed by atoms with E-state index in [4.69, 9.17) is 15.2 Å². The molecule has 1 saturated heterocycles. The molecule has 182 valence electrons. The highest BCUT2D eigenvalue weighted by molar-refractivity contribution is 5.74. The Labute approximate surface area is 187 Å². The summed E-state index contributed by atoms with van der Waals surface area (Å²) in [5.41, 5.74) is 0.594. The molecular weight excluding hydrogens is 467 g/mol. The molecule has 1 aliphatic rings. The van der Waals surface area contributed by atoms with Crippen molar-refractivity contribution >= 4 is 17.0 Å². The lowest BCUT2D eigenvalue weighted by atomic mass is 9.76. The van der Waals surface area contributed by atoms with Crippen molar-refractivity contribution in [2.75, 3.05) is 12.8 Å². The van der Waals surface area contributed by atoms with Crippen LogP contribution in [0, 0.1) is 17.6 Å². The summed E-state index contributed by atoms with van der Waals surface area (Å²) in [6, 6.07) is 2.79. The monoisotopic (exact) mass is 486 g/mol. The van der Waals surface area contributed by atoms with E-state index in [1.54, 1.807) is 0 Å². The van der Waals surface area contributed by atoms with E-state index in [9.17, 15) is 31.5 Å². The van der Waals surface area contributed by atoms with Crippen LogP contribution in [0.15, 0.2) is 27.8 Å². The number of pyridine rings is 1. The molecule has 0 amide bonds. The van der Waals surface area contributed by atoms with E-state index >= 15 is 0 Å². The van der Waals surface area contributed by atoms with Crippen molar-refractivity contribution in [1.29, 1.82) is 0 Å². The van der Waals surface area contributed by atoms with Gasteiger partial charge in [-0.2, -0.15) is 22.5 Å². The summed E-state index contributed by atoms with van der Waals surface area (Å²) in [5.74, 6) is -6.12. The second kappa shape index (κ2) is 7.79. The Morgan fingerprint density at radius 3 is 2.50 bits per heavy atom. The van der Waals surface area contributed by atoms with Crippen molar-refractivity contribution in [3.63, 3.8) is 0 Å². The zero-order valence-electron chi connectivity index (χ0n) is 18.0. The van der Waals surface area contributed by atoms with Crippen LogP contribution in [0.5, 0.6) is 5.75 Å². The Kier molecular flexibility index (Phi) is 5.42. The van der Waals surface area contributed by atoms with Gasteiger partial charge in [0.15, 0.2) is 28.2 Å². The fourth-order valence-electron chi connectivity index (χ4n) is 4.43. The highest BCUT2D eigenvalue weighted by Crippen LogP contribution is 2.59. The van der Waals surface area contributed by atoms with Crippen LogP contribution in [0.25, 0.3) is 11.0 Å². The third-order valence-corrected chi connectivity index (χ3v) is 6.35.